The van der Waals surface area contributed by atoms with E-state index in [0.29, 0.717) is 24.7 Å². The third-order valence-corrected chi connectivity index (χ3v) is 3.23. The zero-order chi connectivity index (χ0) is 14.4. The van der Waals surface area contributed by atoms with Crippen molar-refractivity contribution >= 4 is 11.6 Å². The van der Waals surface area contributed by atoms with Gasteiger partial charge < -0.3 is 10.1 Å². The minimum absolute atomic E-state index is 0.276. The molecule has 0 saturated carbocycles. The fourth-order valence-electron chi connectivity index (χ4n) is 1.85. The third-order valence-electron chi connectivity index (χ3n) is 2.86. The van der Waals surface area contributed by atoms with Crippen LogP contribution in [0.2, 0.25) is 5.02 Å². The Labute approximate surface area is 123 Å². The van der Waals surface area contributed by atoms with E-state index in [1.807, 2.05) is 31.2 Å². The maximum Gasteiger partial charge on any atom is 0.123 e. The molecule has 0 heterocycles. The van der Waals surface area contributed by atoms with Crippen LogP contribution in [-0.2, 0) is 6.54 Å². The lowest BCUT2D eigenvalue weighted by atomic mass is 10.2. The summed E-state index contributed by atoms with van der Waals surface area (Å²) in [5.74, 6) is 0.581. The minimum Gasteiger partial charge on any atom is -0.492 e. The van der Waals surface area contributed by atoms with Crippen LogP contribution in [0.15, 0.2) is 42.5 Å². The third kappa shape index (κ3) is 4.51. The average molecular weight is 294 g/mol. The molecule has 0 bridgehead atoms. The first kappa shape index (κ1) is 14.8. The highest BCUT2D eigenvalue weighted by atomic mass is 35.5. The largest absolute Gasteiger partial charge is 0.492 e. The number of nitrogens with one attached hydrogen (secondary N) is 1. The van der Waals surface area contributed by atoms with Gasteiger partial charge in [-0.25, -0.2) is 4.39 Å². The Morgan fingerprint density at radius 2 is 2.05 bits per heavy atom. The zero-order valence-electron chi connectivity index (χ0n) is 11.3. The van der Waals surface area contributed by atoms with E-state index in [9.17, 15) is 4.39 Å². The topological polar surface area (TPSA) is 21.3 Å². The second kappa shape index (κ2) is 7.27. The van der Waals surface area contributed by atoms with E-state index in [0.717, 1.165) is 11.3 Å². The van der Waals surface area contributed by atoms with E-state index in [1.165, 1.54) is 17.7 Å². The summed E-state index contributed by atoms with van der Waals surface area (Å²) in [6.45, 7) is 3.77. The van der Waals surface area contributed by atoms with Crippen molar-refractivity contribution in [2.24, 2.45) is 0 Å². The van der Waals surface area contributed by atoms with Crippen molar-refractivity contribution in [3.05, 3.63) is 64.4 Å². The van der Waals surface area contributed by atoms with Gasteiger partial charge in [0.25, 0.3) is 0 Å². The molecule has 2 rings (SSSR count). The van der Waals surface area contributed by atoms with Crippen molar-refractivity contribution in [2.75, 3.05) is 13.2 Å². The molecule has 1 N–H and O–H groups in total. The van der Waals surface area contributed by atoms with Gasteiger partial charge in [-0.1, -0.05) is 23.7 Å². The van der Waals surface area contributed by atoms with E-state index in [-0.39, 0.29) is 5.82 Å². The van der Waals surface area contributed by atoms with Crippen LogP contribution in [-0.4, -0.2) is 13.2 Å². The van der Waals surface area contributed by atoms with Gasteiger partial charge in [-0.15, -0.1) is 0 Å². The van der Waals surface area contributed by atoms with E-state index >= 15 is 0 Å². The Hall–Kier alpha value is -1.58. The normalized spacial score (nSPS) is 10.6. The second-order valence-corrected chi connectivity index (χ2v) is 4.98. The lowest BCUT2D eigenvalue weighted by Crippen LogP contribution is -2.20. The van der Waals surface area contributed by atoms with Crippen molar-refractivity contribution in [1.29, 1.82) is 0 Å². The molecule has 2 nitrogen and oxygen atoms in total. The van der Waals surface area contributed by atoms with E-state index < -0.39 is 0 Å². The number of hydrogen-bond acceptors (Lipinski definition) is 2. The molecule has 0 spiro atoms. The first-order valence-electron chi connectivity index (χ1n) is 6.49. The molecule has 0 saturated heterocycles. The van der Waals surface area contributed by atoms with Crippen molar-refractivity contribution in [3.8, 4) is 5.75 Å². The molecule has 0 atom stereocenters. The van der Waals surface area contributed by atoms with Crippen LogP contribution >= 0.6 is 11.6 Å². The first-order valence-corrected chi connectivity index (χ1v) is 6.87. The van der Waals surface area contributed by atoms with Gasteiger partial charge in [-0.05, 0) is 48.4 Å². The smallest absolute Gasteiger partial charge is 0.123 e. The Morgan fingerprint density at radius 1 is 1.20 bits per heavy atom. The van der Waals surface area contributed by atoms with Crippen LogP contribution < -0.4 is 10.1 Å². The highest BCUT2D eigenvalue weighted by Crippen LogP contribution is 2.16. The van der Waals surface area contributed by atoms with Gasteiger partial charge >= 0.3 is 0 Å². The molecule has 0 amide bonds. The van der Waals surface area contributed by atoms with E-state index in [2.05, 4.69) is 5.32 Å². The maximum absolute atomic E-state index is 13.1. The highest BCUT2D eigenvalue weighted by Gasteiger charge is 2.01. The monoisotopic (exact) mass is 293 g/mol. The molecule has 0 aliphatic rings. The number of ether oxygens (including phenoxy) is 1. The van der Waals surface area contributed by atoms with Crippen molar-refractivity contribution < 1.29 is 9.13 Å². The SMILES string of the molecule is Cc1cccc(OCCNCc2cc(F)ccc2Cl)c1. The molecular formula is C16H17ClFNO. The van der Waals surface area contributed by atoms with Crippen molar-refractivity contribution in [1.82, 2.24) is 5.32 Å². The number of hydrogen-bond donors (Lipinski definition) is 1. The summed E-state index contributed by atoms with van der Waals surface area (Å²) in [4.78, 5) is 0. The summed E-state index contributed by atoms with van der Waals surface area (Å²) in [7, 11) is 0. The number of halogens is 2. The van der Waals surface area contributed by atoms with Gasteiger partial charge in [0.05, 0.1) is 0 Å². The fourth-order valence-corrected chi connectivity index (χ4v) is 2.03. The summed E-state index contributed by atoms with van der Waals surface area (Å²) in [5, 5.41) is 3.75. The van der Waals surface area contributed by atoms with Crippen LogP contribution in [0.4, 0.5) is 4.39 Å². The molecule has 2 aromatic rings. The summed E-state index contributed by atoms with van der Waals surface area (Å²) < 4.78 is 18.7. The quantitative estimate of drug-likeness (QED) is 0.814. The fraction of sp³-hybridized carbons (Fsp3) is 0.250. The van der Waals surface area contributed by atoms with Gasteiger partial charge in [0.1, 0.15) is 18.2 Å². The van der Waals surface area contributed by atoms with Gasteiger partial charge in [-0.3, -0.25) is 0 Å². The molecule has 0 aromatic heterocycles. The van der Waals surface area contributed by atoms with Crippen LogP contribution in [0.5, 0.6) is 5.75 Å². The predicted molar refractivity (Wildman–Crippen MR) is 79.8 cm³/mol. The standard InChI is InChI=1S/C16H17ClFNO/c1-12-3-2-4-15(9-12)20-8-7-19-11-13-10-14(18)5-6-16(13)17/h2-6,9-10,19H,7-8,11H2,1H3. The summed E-state index contributed by atoms with van der Waals surface area (Å²) in [6, 6.07) is 12.3. The molecule has 0 fully saturated rings. The number of rotatable bonds is 6. The lowest BCUT2D eigenvalue weighted by molar-refractivity contribution is 0.313. The van der Waals surface area contributed by atoms with Crippen molar-refractivity contribution in [3.63, 3.8) is 0 Å². The van der Waals surface area contributed by atoms with Crippen LogP contribution in [0.25, 0.3) is 0 Å². The molecular weight excluding hydrogens is 277 g/mol. The van der Waals surface area contributed by atoms with Crippen LogP contribution in [0, 0.1) is 12.7 Å². The maximum atomic E-state index is 13.1. The lowest BCUT2D eigenvalue weighted by Gasteiger charge is -2.09. The Morgan fingerprint density at radius 3 is 2.85 bits per heavy atom. The van der Waals surface area contributed by atoms with Gasteiger partial charge in [0.2, 0.25) is 0 Å². The number of benzene rings is 2. The van der Waals surface area contributed by atoms with Gasteiger partial charge in [0, 0.05) is 18.1 Å². The molecule has 0 aliphatic heterocycles. The molecule has 0 radical (unpaired) electrons. The molecule has 4 heteroatoms. The van der Waals surface area contributed by atoms with E-state index in [1.54, 1.807) is 6.07 Å². The Balaban J connectivity index is 1.73. The average Bonchev–Trinajstić information content (AvgIpc) is 2.42. The van der Waals surface area contributed by atoms with Gasteiger partial charge in [0.15, 0.2) is 0 Å². The van der Waals surface area contributed by atoms with Crippen LogP contribution in [0.1, 0.15) is 11.1 Å². The zero-order valence-corrected chi connectivity index (χ0v) is 12.1. The van der Waals surface area contributed by atoms with Gasteiger partial charge in [-0.2, -0.15) is 0 Å². The summed E-state index contributed by atoms with van der Waals surface area (Å²) in [6.07, 6.45) is 0. The van der Waals surface area contributed by atoms with Crippen LogP contribution in [0.3, 0.4) is 0 Å². The molecule has 0 unspecified atom stereocenters. The molecule has 20 heavy (non-hydrogen) atoms. The first-order chi connectivity index (χ1) is 9.65. The molecule has 0 aliphatic carbocycles. The van der Waals surface area contributed by atoms with E-state index in [4.69, 9.17) is 16.3 Å². The Bertz CT molecular complexity index is 574. The highest BCUT2D eigenvalue weighted by molar-refractivity contribution is 6.31. The Kier molecular flexibility index (Phi) is 5.39. The number of aryl methyl sites for hydroxylation is 1. The second-order valence-electron chi connectivity index (χ2n) is 4.58. The molecule has 2 aromatic carbocycles. The van der Waals surface area contributed by atoms with Crippen molar-refractivity contribution in [2.45, 2.75) is 13.5 Å². The summed E-state index contributed by atoms with van der Waals surface area (Å²) in [5.41, 5.74) is 1.92. The predicted octanol–water partition coefficient (Wildman–Crippen LogP) is 3.96. The minimum atomic E-state index is -0.276. The summed E-state index contributed by atoms with van der Waals surface area (Å²) >= 11 is 5.98. The molecule has 106 valence electrons.